The van der Waals surface area contributed by atoms with Gasteiger partial charge in [-0.15, -0.1) is 0 Å². The standard InChI is InChI=1S/C25H29N3O3/c1-17-11-12-22(18(2)13-17)15-27(5)23(29)16-31-25(30)24-19(3)26-28(20(24)4)14-21-9-7-6-8-10-21/h6-13H,14-16H2,1-5H3. The fourth-order valence-electron chi connectivity index (χ4n) is 3.58. The number of aryl methyl sites for hydroxylation is 3. The van der Waals surface area contributed by atoms with Gasteiger partial charge in [-0.05, 0) is 44.4 Å². The molecule has 162 valence electrons. The van der Waals surface area contributed by atoms with Gasteiger partial charge in [-0.3, -0.25) is 9.48 Å². The first kappa shape index (κ1) is 22.3. The van der Waals surface area contributed by atoms with E-state index in [2.05, 4.69) is 11.2 Å². The van der Waals surface area contributed by atoms with Gasteiger partial charge in [0.25, 0.3) is 5.91 Å². The van der Waals surface area contributed by atoms with Crippen molar-refractivity contribution in [2.24, 2.45) is 0 Å². The van der Waals surface area contributed by atoms with Crippen molar-refractivity contribution in [3.63, 3.8) is 0 Å². The van der Waals surface area contributed by atoms with Gasteiger partial charge < -0.3 is 9.64 Å². The summed E-state index contributed by atoms with van der Waals surface area (Å²) in [6.45, 7) is 8.42. The van der Waals surface area contributed by atoms with Crippen LogP contribution in [0.1, 0.15) is 44.0 Å². The number of benzene rings is 2. The third kappa shape index (κ3) is 5.40. The molecule has 0 N–H and O–H groups in total. The largest absolute Gasteiger partial charge is 0.452 e. The molecule has 3 aromatic rings. The van der Waals surface area contributed by atoms with E-state index in [9.17, 15) is 9.59 Å². The molecule has 3 rings (SSSR count). The molecule has 0 saturated carbocycles. The predicted octanol–water partition coefficient (Wildman–Crippen LogP) is 3.98. The Morgan fingerprint density at radius 2 is 1.74 bits per heavy atom. The molecule has 1 heterocycles. The quantitative estimate of drug-likeness (QED) is 0.544. The number of hydrogen-bond acceptors (Lipinski definition) is 4. The maximum absolute atomic E-state index is 12.7. The number of carbonyl (C=O) groups is 2. The van der Waals surface area contributed by atoms with Gasteiger partial charge in [-0.2, -0.15) is 5.10 Å². The molecule has 31 heavy (non-hydrogen) atoms. The number of nitrogens with zero attached hydrogens (tertiary/aromatic N) is 3. The molecule has 0 aliphatic rings. The summed E-state index contributed by atoms with van der Waals surface area (Å²) in [6.07, 6.45) is 0. The smallest absolute Gasteiger partial charge is 0.342 e. The molecule has 0 aliphatic carbocycles. The Kier molecular flexibility index (Phi) is 6.90. The van der Waals surface area contributed by atoms with Crippen LogP contribution in [0.5, 0.6) is 0 Å². The number of ether oxygens (including phenoxy) is 1. The number of carbonyl (C=O) groups excluding carboxylic acids is 2. The van der Waals surface area contributed by atoms with Gasteiger partial charge in [0.15, 0.2) is 6.61 Å². The highest BCUT2D eigenvalue weighted by Crippen LogP contribution is 2.17. The first-order chi connectivity index (χ1) is 14.8. The Balaban J connectivity index is 1.61. The zero-order valence-corrected chi connectivity index (χ0v) is 18.8. The zero-order valence-electron chi connectivity index (χ0n) is 18.8. The van der Waals surface area contributed by atoms with Gasteiger partial charge in [-0.1, -0.05) is 54.1 Å². The second-order valence-corrected chi connectivity index (χ2v) is 7.94. The molecule has 2 aromatic carbocycles. The molecule has 6 heteroatoms. The van der Waals surface area contributed by atoms with Crippen molar-refractivity contribution in [3.8, 4) is 0 Å². The molecule has 0 atom stereocenters. The van der Waals surface area contributed by atoms with Crippen LogP contribution in [0.15, 0.2) is 48.5 Å². The van der Waals surface area contributed by atoms with Crippen molar-refractivity contribution in [2.45, 2.75) is 40.8 Å². The highest BCUT2D eigenvalue weighted by molar-refractivity contribution is 5.93. The average Bonchev–Trinajstić information content (AvgIpc) is 3.01. The van der Waals surface area contributed by atoms with E-state index in [0.29, 0.717) is 24.3 Å². The highest BCUT2D eigenvalue weighted by atomic mass is 16.5. The Morgan fingerprint density at radius 1 is 1.03 bits per heavy atom. The van der Waals surface area contributed by atoms with Crippen molar-refractivity contribution < 1.29 is 14.3 Å². The number of hydrogen-bond donors (Lipinski definition) is 0. The first-order valence-electron chi connectivity index (χ1n) is 10.3. The maximum atomic E-state index is 12.7. The monoisotopic (exact) mass is 419 g/mol. The summed E-state index contributed by atoms with van der Waals surface area (Å²) in [7, 11) is 1.71. The van der Waals surface area contributed by atoms with Gasteiger partial charge in [0.05, 0.1) is 17.9 Å². The molecule has 6 nitrogen and oxygen atoms in total. The lowest BCUT2D eigenvalue weighted by Crippen LogP contribution is -2.31. The van der Waals surface area contributed by atoms with Crippen LogP contribution in [0.2, 0.25) is 0 Å². The van der Waals surface area contributed by atoms with Crippen LogP contribution < -0.4 is 0 Å². The molecule has 0 saturated heterocycles. The third-order valence-electron chi connectivity index (χ3n) is 5.42. The lowest BCUT2D eigenvalue weighted by atomic mass is 10.1. The number of likely N-dealkylation sites (N-methyl/N-ethyl adjacent to an activating group) is 1. The Bertz CT molecular complexity index is 1090. The Morgan fingerprint density at radius 3 is 2.42 bits per heavy atom. The minimum Gasteiger partial charge on any atom is -0.452 e. The van der Waals surface area contributed by atoms with Gasteiger partial charge in [0.2, 0.25) is 0 Å². The predicted molar refractivity (Wildman–Crippen MR) is 120 cm³/mol. The van der Waals surface area contributed by atoms with E-state index in [0.717, 1.165) is 22.4 Å². The highest BCUT2D eigenvalue weighted by Gasteiger charge is 2.22. The van der Waals surface area contributed by atoms with Crippen molar-refractivity contribution in [3.05, 3.63) is 87.7 Å². The number of aromatic nitrogens is 2. The molecule has 0 unspecified atom stereocenters. The van der Waals surface area contributed by atoms with Crippen molar-refractivity contribution in [1.29, 1.82) is 0 Å². The fraction of sp³-hybridized carbons (Fsp3) is 0.320. The van der Waals surface area contributed by atoms with Crippen LogP contribution in [0.4, 0.5) is 0 Å². The summed E-state index contributed by atoms with van der Waals surface area (Å²) in [5.41, 5.74) is 6.21. The Hall–Kier alpha value is -3.41. The topological polar surface area (TPSA) is 64.4 Å². The van der Waals surface area contributed by atoms with Crippen LogP contribution >= 0.6 is 0 Å². The van der Waals surface area contributed by atoms with Gasteiger partial charge in [0.1, 0.15) is 5.56 Å². The van der Waals surface area contributed by atoms with Crippen LogP contribution in [0.25, 0.3) is 0 Å². The molecule has 0 spiro atoms. The number of amides is 1. The molecular formula is C25H29N3O3. The van der Waals surface area contributed by atoms with Gasteiger partial charge >= 0.3 is 5.97 Å². The van der Waals surface area contributed by atoms with E-state index in [1.807, 2.05) is 63.2 Å². The molecule has 0 radical (unpaired) electrons. The minimum atomic E-state index is -0.525. The molecule has 1 amide bonds. The average molecular weight is 420 g/mol. The van der Waals surface area contributed by atoms with Gasteiger partial charge in [0, 0.05) is 13.6 Å². The van der Waals surface area contributed by atoms with E-state index in [1.54, 1.807) is 23.6 Å². The summed E-state index contributed by atoms with van der Waals surface area (Å²) < 4.78 is 7.13. The van der Waals surface area contributed by atoms with Crippen LogP contribution in [-0.4, -0.2) is 40.2 Å². The lowest BCUT2D eigenvalue weighted by Gasteiger charge is -2.18. The molecule has 0 aliphatic heterocycles. The normalized spacial score (nSPS) is 10.7. The van der Waals surface area contributed by atoms with Crippen molar-refractivity contribution in [2.75, 3.05) is 13.7 Å². The van der Waals surface area contributed by atoms with E-state index in [-0.39, 0.29) is 12.5 Å². The molecule has 1 aromatic heterocycles. The van der Waals surface area contributed by atoms with E-state index >= 15 is 0 Å². The van der Waals surface area contributed by atoms with Crippen molar-refractivity contribution in [1.82, 2.24) is 14.7 Å². The van der Waals surface area contributed by atoms with E-state index in [1.165, 1.54) is 5.56 Å². The Labute approximate surface area is 183 Å². The summed E-state index contributed by atoms with van der Waals surface area (Å²) >= 11 is 0. The summed E-state index contributed by atoms with van der Waals surface area (Å²) in [4.78, 5) is 26.8. The number of esters is 1. The van der Waals surface area contributed by atoms with Crippen molar-refractivity contribution >= 4 is 11.9 Å². The van der Waals surface area contributed by atoms with E-state index in [4.69, 9.17) is 4.74 Å². The van der Waals surface area contributed by atoms with E-state index < -0.39 is 5.97 Å². The van der Waals surface area contributed by atoms with Crippen LogP contribution in [0, 0.1) is 27.7 Å². The van der Waals surface area contributed by atoms with Gasteiger partial charge in [-0.25, -0.2) is 4.79 Å². The maximum Gasteiger partial charge on any atom is 0.342 e. The SMILES string of the molecule is Cc1ccc(CN(C)C(=O)COC(=O)c2c(C)nn(Cc3ccccc3)c2C)c(C)c1. The second kappa shape index (κ2) is 9.60. The summed E-state index contributed by atoms with van der Waals surface area (Å²) in [5.74, 6) is -0.775. The van der Waals surface area contributed by atoms with Crippen LogP contribution in [-0.2, 0) is 22.6 Å². The molecule has 0 fully saturated rings. The molecular weight excluding hydrogens is 390 g/mol. The minimum absolute atomic E-state index is 0.250. The first-order valence-corrected chi connectivity index (χ1v) is 10.3. The fourth-order valence-corrected chi connectivity index (χ4v) is 3.58. The third-order valence-corrected chi connectivity index (χ3v) is 5.42. The number of rotatable bonds is 7. The van der Waals surface area contributed by atoms with Crippen LogP contribution in [0.3, 0.4) is 0 Å². The molecule has 0 bridgehead atoms. The summed E-state index contributed by atoms with van der Waals surface area (Å²) in [5, 5.41) is 4.48. The summed E-state index contributed by atoms with van der Waals surface area (Å²) in [6, 6.07) is 16.1. The second-order valence-electron chi connectivity index (χ2n) is 7.94. The lowest BCUT2D eigenvalue weighted by molar-refractivity contribution is -0.133. The zero-order chi connectivity index (χ0) is 22.5.